The molecule has 128 valence electrons. The number of rotatable bonds is 5. The fourth-order valence-corrected chi connectivity index (χ4v) is 2.56. The van der Waals surface area contributed by atoms with E-state index in [0.717, 1.165) is 11.1 Å². The summed E-state index contributed by atoms with van der Waals surface area (Å²) in [5.41, 5.74) is 1.25. The largest absolute Gasteiger partial charge is 0.350 e. The second kappa shape index (κ2) is 7.25. The molecule has 0 saturated heterocycles. The highest BCUT2D eigenvalue weighted by molar-refractivity contribution is 5.84. The Labute approximate surface area is 145 Å². The van der Waals surface area contributed by atoms with Gasteiger partial charge in [-0.2, -0.15) is 5.10 Å². The van der Waals surface area contributed by atoms with Crippen LogP contribution in [0.4, 0.5) is 0 Å². The van der Waals surface area contributed by atoms with Gasteiger partial charge >= 0.3 is 0 Å². The van der Waals surface area contributed by atoms with Gasteiger partial charge in [-0.05, 0) is 18.2 Å². The maximum atomic E-state index is 12.7. The summed E-state index contributed by atoms with van der Waals surface area (Å²) in [6.45, 7) is 4.24. The summed E-state index contributed by atoms with van der Waals surface area (Å²) in [5.74, 6) is -0.154. The van der Waals surface area contributed by atoms with E-state index in [2.05, 4.69) is 15.4 Å². The van der Waals surface area contributed by atoms with E-state index in [-0.39, 0.29) is 30.5 Å². The summed E-state index contributed by atoms with van der Waals surface area (Å²) in [5, 5.41) is 8.69. The lowest BCUT2D eigenvalue weighted by atomic mass is 10.1. The van der Waals surface area contributed by atoms with Gasteiger partial charge in [0.25, 0.3) is 5.56 Å². The molecule has 3 aromatic rings. The molecular formula is C19H20N4O2. The number of amides is 1. The first-order valence-corrected chi connectivity index (χ1v) is 8.22. The van der Waals surface area contributed by atoms with Crippen molar-refractivity contribution in [2.45, 2.75) is 26.9 Å². The molecule has 0 unspecified atom stereocenters. The van der Waals surface area contributed by atoms with Crippen molar-refractivity contribution in [2.24, 2.45) is 5.92 Å². The maximum Gasteiger partial charge on any atom is 0.275 e. The van der Waals surface area contributed by atoms with Crippen molar-refractivity contribution in [1.82, 2.24) is 20.1 Å². The standard InChI is InChI=1S/C19H20N4O2/c1-13(2)18(24)21-11-17-15-8-3-4-9-16(15)19(25)23(22-17)12-14-7-5-6-10-20-14/h3-10,13H,11-12H2,1-2H3,(H,21,24). The Morgan fingerprint density at radius 2 is 1.84 bits per heavy atom. The van der Waals surface area contributed by atoms with E-state index in [9.17, 15) is 9.59 Å². The van der Waals surface area contributed by atoms with Gasteiger partial charge in [0.1, 0.15) is 0 Å². The molecule has 1 amide bonds. The first-order valence-electron chi connectivity index (χ1n) is 8.22. The number of benzene rings is 1. The minimum atomic E-state index is -0.166. The van der Waals surface area contributed by atoms with Crippen molar-refractivity contribution < 1.29 is 4.79 Å². The average molecular weight is 336 g/mol. The fourth-order valence-electron chi connectivity index (χ4n) is 2.56. The van der Waals surface area contributed by atoms with Crippen molar-refractivity contribution in [3.05, 3.63) is 70.4 Å². The van der Waals surface area contributed by atoms with Crippen LogP contribution in [0.1, 0.15) is 25.2 Å². The highest BCUT2D eigenvalue weighted by Crippen LogP contribution is 2.13. The Hall–Kier alpha value is -3.02. The molecule has 6 nitrogen and oxygen atoms in total. The van der Waals surface area contributed by atoms with Crippen molar-refractivity contribution in [3.63, 3.8) is 0 Å². The van der Waals surface area contributed by atoms with Gasteiger partial charge in [0, 0.05) is 17.5 Å². The van der Waals surface area contributed by atoms with Gasteiger partial charge < -0.3 is 5.32 Å². The molecule has 25 heavy (non-hydrogen) atoms. The monoisotopic (exact) mass is 336 g/mol. The number of hydrogen-bond acceptors (Lipinski definition) is 4. The van der Waals surface area contributed by atoms with Crippen LogP contribution in [0.2, 0.25) is 0 Å². The van der Waals surface area contributed by atoms with Crippen molar-refractivity contribution in [3.8, 4) is 0 Å². The first kappa shape index (κ1) is 16.8. The van der Waals surface area contributed by atoms with Gasteiger partial charge in [0.2, 0.25) is 5.91 Å². The molecule has 3 rings (SSSR count). The van der Waals surface area contributed by atoms with Crippen molar-refractivity contribution >= 4 is 16.7 Å². The number of aromatic nitrogens is 3. The lowest BCUT2D eigenvalue weighted by Gasteiger charge is -2.12. The summed E-state index contributed by atoms with van der Waals surface area (Å²) in [7, 11) is 0. The summed E-state index contributed by atoms with van der Waals surface area (Å²) >= 11 is 0. The molecule has 0 saturated carbocycles. The summed E-state index contributed by atoms with van der Waals surface area (Å²) in [4.78, 5) is 28.8. The number of carbonyl (C=O) groups excluding carboxylic acids is 1. The van der Waals surface area contributed by atoms with Gasteiger partial charge in [-0.25, -0.2) is 4.68 Å². The van der Waals surface area contributed by atoms with Gasteiger partial charge in [0.05, 0.1) is 29.9 Å². The van der Waals surface area contributed by atoms with Crippen LogP contribution in [0.3, 0.4) is 0 Å². The Bertz CT molecular complexity index is 949. The quantitative estimate of drug-likeness (QED) is 0.774. The second-order valence-corrected chi connectivity index (χ2v) is 6.15. The zero-order chi connectivity index (χ0) is 17.8. The van der Waals surface area contributed by atoms with E-state index in [1.165, 1.54) is 4.68 Å². The third kappa shape index (κ3) is 3.74. The number of hydrogen-bond donors (Lipinski definition) is 1. The number of fused-ring (bicyclic) bond motifs is 1. The third-order valence-corrected chi connectivity index (χ3v) is 3.94. The van der Waals surface area contributed by atoms with E-state index in [4.69, 9.17) is 0 Å². The zero-order valence-electron chi connectivity index (χ0n) is 14.3. The number of carbonyl (C=O) groups is 1. The van der Waals surface area contributed by atoms with Crippen LogP contribution >= 0.6 is 0 Å². The molecule has 6 heteroatoms. The third-order valence-electron chi connectivity index (χ3n) is 3.94. The zero-order valence-corrected chi connectivity index (χ0v) is 14.3. The first-order chi connectivity index (χ1) is 12.1. The second-order valence-electron chi connectivity index (χ2n) is 6.15. The molecule has 0 aliphatic heterocycles. The van der Waals surface area contributed by atoms with Crippen molar-refractivity contribution in [2.75, 3.05) is 0 Å². The molecule has 0 aliphatic carbocycles. The maximum absolute atomic E-state index is 12.7. The van der Waals surface area contributed by atoms with E-state index in [1.54, 1.807) is 12.3 Å². The predicted molar refractivity (Wildman–Crippen MR) is 96.0 cm³/mol. The summed E-state index contributed by atoms with van der Waals surface area (Å²) in [6.07, 6.45) is 1.69. The van der Waals surface area contributed by atoms with Crippen LogP contribution in [0.25, 0.3) is 10.8 Å². The smallest absolute Gasteiger partial charge is 0.275 e. The molecule has 1 N–H and O–H groups in total. The minimum absolute atomic E-state index is 0.0478. The molecule has 1 aromatic carbocycles. The number of pyridine rings is 1. The van der Waals surface area contributed by atoms with Crippen molar-refractivity contribution in [1.29, 1.82) is 0 Å². The molecule has 2 aromatic heterocycles. The lowest BCUT2D eigenvalue weighted by Crippen LogP contribution is -2.30. The van der Waals surface area contributed by atoms with E-state index < -0.39 is 0 Å². The molecular weight excluding hydrogens is 316 g/mol. The van der Waals surface area contributed by atoms with Gasteiger partial charge in [-0.15, -0.1) is 0 Å². The number of nitrogens with zero attached hydrogens (tertiary/aromatic N) is 3. The SMILES string of the molecule is CC(C)C(=O)NCc1nn(Cc2ccccn2)c(=O)c2ccccc12. The van der Waals surface area contributed by atoms with E-state index in [0.29, 0.717) is 11.1 Å². The Morgan fingerprint density at radius 3 is 2.52 bits per heavy atom. The van der Waals surface area contributed by atoms with Crippen LogP contribution in [-0.2, 0) is 17.9 Å². The number of nitrogens with one attached hydrogen (secondary N) is 1. The van der Waals surface area contributed by atoms with Gasteiger partial charge in [0.15, 0.2) is 0 Å². The highest BCUT2D eigenvalue weighted by Gasteiger charge is 2.13. The van der Waals surface area contributed by atoms with E-state index >= 15 is 0 Å². The molecule has 0 atom stereocenters. The van der Waals surface area contributed by atoms with Gasteiger partial charge in [-0.3, -0.25) is 14.6 Å². The topological polar surface area (TPSA) is 76.9 Å². The summed E-state index contributed by atoms with van der Waals surface area (Å²) in [6, 6.07) is 12.9. The highest BCUT2D eigenvalue weighted by atomic mass is 16.2. The van der Waals surface area contributed by atoms with E-state index in [1.807, 2.05) is 50.2 Å². The van der Waals surface area contributed by atoms with Gasteiger partial charge in [-0.1, -0.05) is 38.1 Å². The molecule has 0 fully saturated rings. The Morgan fingerprint density at radius 1 is 1.12 bits per heavy atom. The molecule has 0 spiro atoms. The average Bonchev–Trinajstić information content (AvgIpc) is 2.63. The predicted octanol–water partition coefficient (Wildman–Crippen LogP) is 2.11. The molecule has 0 radical (unpaired) electrons. The van der Waals surface area contributed by atoms with Crippen LogP contribution in [-0.4, -0.2) is 20.7 Å². The molecule has 0 aliphatic rings. The molecule has 2 heterocycles. The van der Waals surface area contributed by atoms with Crippen LogP contribution in [0.5, 0.6) is 0 Å². The van der Waals surface area contributed by atoms with Crippen LogP contribution in [0, 0.1) is 5.92 Å². The molecule has 0 bridgehead atoms. The van der Waals surface area contributed by atoms with Crippen LogP contribution in [0.15, 0.2) is 53.5 Å². The Balaban J connectivity index is 2.01. The normalized spacial score (nSPS) is 11.0. The Kier molecular flexibility index (Phi) is 4.88. The van der Waals surface area contributed by atoms with Crippen LogP contribution < -0.4 is 10.9 Å². The summed E-state index contributed by atoms with van der Waals surface area (Å²) < 4.78 is 1.40. The fraction of sp³-hybridized carbons (Fsp3) is 0.263. The minimum Gasteiger partial charge on any atom is -0.350 e. The lowest BCUT2D eigenvalue weighted by molar-refractivity contribution is -0.124.